The molecule has 0 saturated carbocycles. The fourth-order valence-electron chi connectivity index (χ4n) is 3.36. The van der Waals surface area contributed by atoms with E-state index in [1.807, 2.05) is 48.5 Å². The summed E-state index contributed by atoms with van der Waals surface area (Å²) in [5.41, 5.74) is 3.60. The zero-order valence-corrected chi connectivity index (χ0v) is 19.1. The number of rotatable bonds is 11. The van der Waals surface area contributed by atoms with Gasteiger partial charge < -0.3 is 9.47 Å². The molecule has 0 spiro atoms. The molecule has 1 heterocycles. The molecule has 1 atom stereocenters. The van der Waals surface area contributed by atoms with E-state index in [0.717, 1.165) is 65.5 Å². The second kappa shape index (κ2) is 11.4. The standard InChI is InChI=1S/C26H33N3O2/c1-5-8-19(4)26-27-24(20-9-13-22(14-10-20)30-17-6-2)25(28-29-26)21-11-15-23(16-12-21)31-18-7-3/h9-16,19H,5-8,17-18H2,1-4H3. The number of hydrogen-bond donors (Lipinski definition) is 0. The lowest BCUT2D eigenvalue weighted by Crippen LogP contribution is -2.06. The third-order valence-electron chi connectivity index (χ3n) is 5.07. The molecule has 0 bridgehead atoms. The normalized spacial score (nSPS) is 11.9. The van der Waals surface area contributed by atoms with Gasteiger partial charge in [0.25, 0.3) is 0 Å². The van der Waals surface area contributed by atoms with Crippen molar-refractivity contribution in [3.8, 4) is 34.0 Å². The highest BCUT2D eigenvalue weighted by Gasteiger charge is 2.17. The molecule has 5 nitrogen and oxygen atoms in total. The minimum Gasteiger partial charge on any atom is -0.494 e. The maximum absolute atomic E-state index is 5.74. The summed E-state index contributed by atoms with van der Waals surface area (Å²) in [6, 6.07) is 16.1. The molecule has 0 aliphatic rings. The fourth-order valence-corrected chi connectivity index (χ4v) is 3.36. The molecule has 164 valence electrons. The lowest BCUT2D eigenvalue weighted by molar-refractivity contribution is 0.317. The quantitative estimate of drug-likeness (QED) is 0.347. The van der Waals surface area contributed by atoms with Gasteiger partial charge in [-0.1, -0.05) is 34.1 Å². The van der Waals surface area contributed by atoms with E-state index in [9.17, 15) is 0 Å². The maximum atomic E-state index is 5.74. The van der Waals surface area contributed by atoms with Crippen LogP contribution in [0.3, 0.4) is 0 Å². The van der Waals surface area contributed by atoms with E-state index in [-0.39, 0.29) is 5.92 Å². The van der Waals surface area contributed by atoms with Crippen molar-refractivity contribution >= 4 is 0 Å². The van der Waals surface area contributed by atoms with E-state index >= 15 is 0 Å². The molecule has 0 radical (unpaired) electrons. The van der Waals surface area contributed by atoms with Crippen molar-refractivity contribution in [3.05, 3.63) is 54.4 Å². The average molecular weight is 420 g/mol. The summed E-state index contributed by atoms with van der Waals surface area (Å²) in [4.78, 5) is 4.96. The summed E-state index contributed by atoms with van der Waals surface area (Å²) in [5.74, 6) is 2.78. The number of benzene rings is 2. The lowest BCUT2D eigenvalue weighted by atomic mass is 10.0. The number of hydrogen-bond acceptors (Lipinski definition) is 5. The molecule has 1 unspecified atom stereocenters. The number of nitrogens with zero attached hydrogens (tertiary/aromatic N) is 3. The van der Waals surface area contributed by atoms with Crippen LogP contribution in [0.4, 0.5) is 0 Å². The molecular formula is C26H33N3O2. The third kappa shape index (κ3) is 6.03. The zero-order valence-electron chi connectivity index (χ0n) is 19.1. The fraction of sp³-hybridized carbons (Fsp3) is 0.423. The van der Waals surface area contributed by atoms with Gasteiger partial charge in [-0.3, -0.25) is 0 Å². The number of aromatic nitrogens is 3. The first kappa shape index (κ1) is 22.7. The second-order valence-corrected chi connectivity index (χ2v) is 7.80. The molecule has 5 heteroatoms. The van der Waals surface area contributed by atoms with E-state index < -0.39 is 0 Å². The van der Waals surface area contributed by atoms with Gasteiger partial charge in [0.1, 0.15) is 22.9 Å². The van der Waals surface area contributed by atoms with Crippen molar-refractivity contribution in [2.45, 2.75) is 59.3 Å². The molecule has 1 aromatic heterocycles. The Kier molecular flexibility index (Phi) is 8.39. The summed E-state index contributed by atoms with van der Waals surface area (Å²) in [6.45, 7) is 9.96. The highest BCUT2D eigenvalue weighted by Crippen LogP contribution is 2.32. The SMILES string of the molecule is CCCOc1ccc(-c2nnc(C(C)CCC)nc2-c2ccc(OCCC)cc2)cc1. The van der Waals surface area contributed by atoms with E-state index in [4.69, 9.17) is 14.5 Å². The Morgan fingerprint density at radius 3 is 1.68 bits per heavy atom. The first-order valence-corrected chi connectivity index (χ1v) is 11.4. The molecule has 0 aliphatic carbocycles. The largest absolute Gasteiger partial charge is 0.494 e. The van der Waals surface area contributed by atoms with Gasteiger partial charge in [-0.2, -0.15) is 0 Å². The molecule has 3 rings (SSSR count). The molecular weight excluding hydrogens is 386 g/mol. The van der Waals surface area contributed by atoms with Crippen LogP contribution in [0.2, 0.25) is 0 Å². The predicted octanol–water partition coefficient (Wildman–Crippen LogP) is 6.69. The van der Waals surface area contributed by atoms with Gasteiger partial charge in [0.2, 0.25) is 0 Å². The summed E-state index contributed by atoms with van der Waals surface area (Å²) in [7, 11) is 0. The molecule has 0 aliphatic heterocycles. The first-order chi connectivity index (χ1) is 15.2. The summed E-state index contributed by atoms with van der Waals surface area (Å²) < 4.78 is 11.5. The molecule has 31 heavy (non-hydrogen) atoms. The third-order valence-corrected chi connectivity index (χ3v) is 5.07. The van der Waals surface area contributed by atoms with Gasteiger partial charge in [-0.25, -0.2) is 4.98 Å². The molecule has 0 N–H and O–H groups in total. The molecule has 3 aromatic rings. The Bertz CT molecular complexity index is 940. The summed E-state index contributed by atoms with van der Waals surface area (Å²) in [5, 5.41) is 9.08. The average Bonchev–Trinajstić information content (AvgIpc) is 2.82. The number of ether oxygens (including phenoxy) is 2. The Labute approximate surface area is 185 Å². The van der Waals surface area contributed by atoms with Gasteiger partial charge in [0.15, 0.2) is 5.82 Å². The monoisotopic (exact) mass is 419 g/mol. The van der Waals surface area contributed by atoms with Crippen LogP contribution in [0.5, 0.6) is 11.5 Å². The van der Waals surface area contributed by atoms with Gasteiger partial charge >= 0.3 is 0 Å². The van der Waals surface area contributed by atoms with Crippen LogP contribution >= 0.6 is 0 Å². The highest BCUT2D eigenvalue weighted by molar-refractivity contribution is 5.78. The van der Waals surface area contributed by atoms with Gasteiger partial charge in [0.05, 0.1) is 13.2 Å². The van der Waals surface area contributed by atoms with Crippen LogP contribution in [0, 0.1) is 0 Å². The first-order valence-electron chi connectivity index (χ1n) is 11.4. The molecule has 0 saturated heterocycles. The van der Waals surface area contributed by atoms with Gasteiger partial charge in [-0.05, 0) is 67.8 Å². The van der Waals surface area contributed by atoms with Crippen molar-refractivity contribution in [2.75, 3.05) is 13.2 Å². The van der Waals surface area contributed by atoms with Crippen molar-refractivity contribution in [2.24, 2.45) is 0 Å². The topological polar surface area (TPSA) is 57.1 Å². The van der Waals surface area contributed by atoms with E-state index in [0.29, 0.717) is 13.2 Å². The van der Waals surface area contributed by atoms with Crippen molar-refractivity contribution in [1.82, 2.24) is 15.2 Å². The predicted molar refractivity (Wildman–Crippen MR) is 126 cm³/mol. The Hall–Kier alpha value is -2.95. The van der Waals surface area contributed by atoms with E-state index in [2.05, 4.69) is 37.9 Å². The van der Waals surface area contributed by atoms with Crippen molar-refractivity contribution in [3.63, 3.8) is 0 Å². The van der Waals surface area contributed by atoms with Gasteiger partial charge in [0, 0.05) is 17.0 Å². The van der Waals surface area contributed by atoms with Crippen LogP contribution in [-0.2, 0) is 0 Å². The smallest absolute Gasteiger partial charge is 0.154 e. The van der Waals surface area contributed by atoms with Gasteiger partial charge in [-0.15, -0.1) is 10.2 Å². The van der Waals surface area contributed by atoms with E-state index in [1.54, 1.807) is 0 Å². The second-order valence-electron chi connectivity index (χ2n) is 7.80. The Morgan fingerprint density at radius 2 is 1.19 bits per heavy atom. The Balaban J connectivity index is 1.98. The van der Waals surface area contributed by atoms with Crippen LogP contribution in [0.25, 0.3) is 22.5 Å². The lowest BCUT2D eigenvalue weighted by Gasteiger charge is -2.14. The molecule has 2 aromatic carbocycles. The molecule has 0 fully saturated rings. The van der Waals surface area contributed by atoms with Crippen LogP contribution < -0.4 is 9.47 Å². The maximum Gasteiger partial charge on any atom is 0.154 e. The van der Waals surface area contributed by atoms with Crippen molar-refractivity contribution in [1.29, 1.82) is 0 Å². The van der Waals surface area contributed by atoms with Crippen molar-refractivity contribution < 1.29 is 9.47 Å². The minimum absolute atomic E-state index is 0.266. The van der Waals surface area contributed by atoms with E-state index in [1.165, 1.54) is 0 Å². The van der Waals surface area contributed by atoms with Crippen LogP contribution in [-0.4, -0.2) is 28.4 Å². The Morgan fingerprint density at radius 1 is 0.677 bits per heavy atom. The molecule has 0 amide bonds. The van der Waals surface area contributed by atoms with Crippen LogP contribution in [0.15, 0.2) is 48.5 Å². The summed E-state index contributed by atoms with van der Waals surface area (Å²) >= 11 is 0. The minimum atomic E-state index is 0.266. The highest BCUT2D eigenvalue weighted by atomic mass is 16.5. The summed E-state index contributed by atoms with van der Waals surface area (Å²) in [6.07, 6.45) is 4.09. The zero-order chi connectivity index (χ0) is 22.1. The van der Waals surface area contributed by atoms with Crippen LogP contribution in [0.1, 0.15) is 65.1 Å².